The van der Waals surface area contributed by atoms with Gasteiger partial charge in [0, 0.05) is 19.3 Å². The van der Waals surface area contributed by atoms with E-state index in [-0.39, 0.29) is 5.97 Å². The van der Waals surface area contributed by atoms with E-state index in [1.54, 1.807) is 6.07 Å². The van der Waals surface area contributed by atoms with Crippen LogP contribution in [0.4, 0.5) is 5.69 Å². The third kappa shape index (κ3) is 3.70. The number of benzene rings is 1. The molecule has 0 radical (unpaired) electrons. The number of carbonyl (C=O) groups is 1. The summed E-state index contributed by atoms with van der Waals surface area (Å²) in [4.78, 5) is 13.8. The summed E-state index contributed by atoms with van der Waals surface area (Å²) >= 11 is 0. The van der Waals surface area contributed by atoms with Crippen LogP contribution >= 0.6 is 0 Å². The van der Waals surface area contributed by atoms with Crippen LogP contribution in [0.15, 0.2) is 24.3 Å². The molecule has 0 spiro atoms. The first-order valence-corrected chi connectivity index (χ1v) is 6.81. The van der Waals surface area contributed by atoms with E-state index >= 15 is 0 Å². The van der Waals surface area contributed by atoms with Gasteiger partial charge in [-0.3, -0.25) is 0 Å². The highest BCUT2D eigenvalue weighted by Crippen LogP contribution is 2.20. The first-order valence-electron chi connectivity index (χ1n) is 6.81. The van der Waals surface area contributed by atoms with Crippen LogP contribution in [-0.2, 0) is 4.74 Å². The minimum atomic E-state index is -0.280. The lowest BCUT2D eigenvalue weighted by Crippen LogP contribution is -2.34. The van der Waals surface area contributed by atoms with Crippen molar-refractivity contribution in [3.05, 3.63) is 29.8 Å². The van der Waals surface area contributed by atoms with E-state index in [0.717, 1.165) is 31.2 Å². The largest absolute Gasteiger partial charge is 0.465 e. The third-order valence-electron chi connectivity index (χ3n) is 3.70. The van der Waals surface area contributed by atoms with Crippen LogP contribution < -0.4 is 10.2 Å². The Balaban J connectivity index is 2.01. The molecule has 4 heteroatoms. The first-order chi connectivity index (χ1) is 9.20. The second-order valence-corrected chi connectivity index (χ2v) is 5.12. The molecular formula is C15H22N2O2. The zero-order valence-electron chi connectivity index (χ0n) is 11.7. The van der Waals surface area contributed by atoms with E-state index in [9.17, 15) is 4.79 Å². The van der Waals surface area contributed by atoms with Gasteiger partial charge in [-0.2, -0.15) is 0 Å². The Morgan fingerprint density at radius 1 is 1.42 bits per heavy atom. The predicted molar refractivity (Wildman–Crippen MR) is 76.6 cm³/mol. The fourth-order valence-corrected chi connectivity index (χ4v) is 2.55. The molecule has 0 amide bonds. The van der Waals surface area contributed by atoms with E-state index in [4.69, 9.17) is 4.74 Å². The highest BCUT2D eigenvalue weighted by atomic mass is 16.5. The highest BCUT2D eigenvalue weighted by Gasteiger charge is 2.16. The van der Waals surface area contributed by atoms with E-state index in [1.807, 2.05) is 18.2 Å². The molecule has 0 atom stereocenters. The Bertz CT molecular complexity index is 428. The van der Waals surface area contributed by atoms with Gasteiger partial charge in [0.1, 0.15) is 0 Å². The maximum absolute atomic E-state index is 11.5. The summed E-state index contributed by atoms with van der Waals surface area (Å²) in [6.45, 7) is 3.26. The van der Waals surface area contributed by atoms with E-state index in [1.165, 1.54) is 20.0 Å². The first kappa shape index (κ1) is 13.9. The number of ether oxygens (including phenoxy) is 1. The number of piperidine rings is 1. The molecule has 2 rings (SSSR count). The molecule has 19 heavy (non-hydrogen) atoms. The number of nitrogens with zero attached hydrogens (tertiary/aromatic N) is 1. The van der Waals surface area contributed by atoms with Gasteiger partial charge in [-0.05, 0) is 50.0 Å². The Morgan fingerprint density at radius 3 is 2.84 bits per heavy atom. The van der Waals surface area contributed by atoms with Crippen molar-refractivity contribution in [3.8, 4) is 0 Å². The molecule has 1 heterocycles. The normalized spacial score (nSPS) is 16.1. The summed E-state index contributed by atoms with van der Waals surface area (Å²) in [6, 6.07) is 7.62. The second-order valence-electron chi connectivity index (χ2n) is 5.12. The minimum absolute atomic E-state index is 0.280. The summed E-state index contributed by atoms with van der Waals surface area (Å²) in [5.74, 6) is 0.449. The predicted octanol–water partition coefficient (Wildman–Crippen LogP) is 1.91. The summed E-state index contributed by atoms with van der Waals surface area (Å²) in [5.41, 5.74) is 1.68. The van der Waals surface area contributed by atoms with Crippen LogP contribution in [0, 0.1) is 5.92 Å². The summed E-state index contributed by atoms with van der Waals surface area (Å²) in [7, 11) is 3.49. The van der Waals surface area contributed by atoms with Gasteiger partial charge in [0.15, 0.2) is 0 Å². The molecular weight excluding hydrogens is 240 g/mol. The van der Waals surface area contributed by atoms with Crippen molar-refractivity contribution in [2.24, 2.45) is 5.92 Å². The molecule has 0 saturated carbocycles. The van der Waals surface area contributed by atoms with Gasteiger partial charge in [-0.15, -0.1) is 0 Å². The molecule has 0 aromatic heterocycles. The van der Waals surface area contributed by atoms with E-state index in [2.05, 4.69) is 17.3 Å². The molecule has 104 valence electrons. The lowest BCUT2D eigenvalue weighted by Gasteiger charge is -2.29. The third-order valence-corrected chi connectivity index (χ3v) is 3.70. The average molecular weight is 262 g/mol. The Kier molecular flexibility index (Phi) is 4.80. The number of methoxy groups -OCH3 is 1. The number of anilines is 1. The van der Waals surface area contributed by atoms with E-state index in [0.29, 0.717) is 5.56 Å². The van der Waals surface area contributed by atoms with Crippen molar-refractivity contribution >= 4 is 11.7 Å². The van der Waals surface area contributed by atoms with Crippen LogP contribution in [-0.4, -0.2) is 39.8 Å². The average Bonchev–Trinajstić information content (AvgIpc) is 2.47. The van der Waals surface area contributed by atoms with E-state index < -0.39 is 0 Å². The number of esters is 1. The number of carbonyl (C=O) groups excluding carboxylic acids is 1. The van der Waals surface area contributed by atoms with Crippen molar-refractivity contribution in [2.75, 3.05) is 38.7 Å². The smallest absolute Gasteiger partial charge is 0.337 e. The summed E-state index contributed by atoms with van der Waals surface area (Å²) in [5, 5.41) is 3.38. The molecule has 0 bridgehead atoms. The SMILES string of the molecule is COC(=O)c1cccc(N(C)CC2CCNCC2)c1. The number of hydrogen-bond donors (Lipinski definition) is 1. The standard InChI is InChI=1S/C15H22N2O2/c1-17(11-12-6-8-16-9-7-12)14-5-3-4-13(10-14)15(18)19-2/h3-5,10,12,16H,6-9,11H2,1-2H3. The number of hydrogen-bond acceptors (Lipinski definition) is 4. The number of rotatable bonds is 4. The lowest BCUT2D eigenvalue weighted by atomic mass is 9.97. The Morgan fingerprint density at radius 2 is 2.16 bits per heavy atom. The van der Waals surface area contributed by atoms with Gasteiger partial charge in [0.05, 0.1) is 12.7 Å². The number of nitrogens with one attached hydrogen (secondary N) is 1. The van der Waals surface area contributed by atoms with Crippen molar-refractivity contribution in [1.82, 2.24) is 5.32 Å². The summed E-state index contributed by atoms with van der Waals surface area (Å²) in [6.07, 6.45) is 2.45. The van der Waals surface area contributed by atoms with Crippen molar-refractivity contribution in [2.45, 2.75) is 12.8 Å². The topological polar surface area (TPSA) is 41.6 Å². The molecule has 1 aromatic rings. The van der Waals surface area contributed by atoms with Gasteiger partial charge in [-0.1, -0.05) is 6.07 Å². The Labute approximate surface area is 114 Å². The zero-order valence-corrected chi connectivity index (χ0v) is 11.7. The van der Waals surface area contributed by atoms with Crippen molar-refractivity contribution in [3.63, 3.8) is 0 Å². The van der Waals surface area contributed by atoms with Gasteiger partial charge in [0.25, 0.3) is 0 Å². The molecule has 1 saturated heterocycles. The van der Waals surface area contributed by atoms with Crippen LogP contribution in [0.5, 0.6) is 0 Å². The molecule has 1 aliphatic rings. The van der Waals surface area contributed by atoms with Crippen LogP contribution in [0.25, 0.3) is 0 Å². The molecule has 0 aliphatic carbocycles. The maximum atomic E-state index is 11.5. The Hall–Kier alpha value is -1.55. The highest BCUT2D eigenvalue weighted by molar-refractivity contribution is 5.90. The fraction of sp³-hybridized carbons (Fsp3) is 0.533. The van der Waals surface area contributed by atoms with Crippen LogP contribution in [0.2, 0.25) is 0 Å². The second kappa shape index (κ2) is 6.57. The van der Waals surface area contributed by atoms with Crippen molar-refractivity contribution in [1.29, 1.82) is 0 Å². The molecule has 0 unspecified atom stereocenters. The zero-order chi connectivity index (χ0) is 13.7. The molecule has 4 nitrogen and oxygen atoms in total. The monoisotopic (exact) mass is 262 g/mol. The molecule has 1 N–H and O–H groups in total. The quantitative estimate of drug-likeness (QED) is 0.842. The molecule has 1 aromatic carbocycles. The molecule has 1 aliphatic heterocycles. The fourth-order valence-electron chi connectivity index (χ4n) is 2.55. The van der Waals surface area contributed by atoms with Gasteiger partial charge in [-0.25, -0.2) is 4.79 Å². The minimum Gasteiger partial charge on any atom is -0.465 e. The van der Waals surface area contributed by atoms with Crippen LogP contribution in [0.3, 0.4) is 0 Å². The maximum Gasteiger partial charge on any atom is 0.337 e. The van der Waals surface area contributed by atoms with Gasteiger partial charge in [0.2, 0.25) is 0 Å². The summed E-state index contributed by atoms with van der Waals surface area (Å²) < 4.78 is 4.76. The lowest BCUT2D eigenvalue weighted by molar-refractivity contribution is 0.0601. The van der Waals surface area contributed by atoms with Crippen LogP contribution in [0.1, 0.15) is 23.2 Å². The van der Waals surface area contributed by atoms with Gasteiger partial charge < -0.3 is 15.0 Å². The van der Waals surface area contributed by atoms with Gasteiger partial charge >= 0.3 is 5.97 Å². The van der Waals surface area contributed by atoms with Crippen molar-refractivity contribution < 1.29 is 9.53 Å². The molecule has 1 fully saturated rings.